The predicted molar refractivity (Wildman–Crippen MR) is 43.1 cm³/mol. The lowest BCUT2D eigenvalue weighted by Crippen LogP contribution is -2.37. The SMILES string of the molecule is Cn1nnc(CC(NC=O)C(=O)O)n1. The number of aliphatic carboxylic acids is 1. The molecular weight excluding hydrogens is 190 g/mol. The van der Waals surface area contributed by atoms with Gasteiger partial charge in [-0.05, 0) is 5.21 Å². The van der Waals surface area contributed by atoms with Gasteiger partial charge in [0.2, 0.25) is 6.41 Å². The number of carbonyl (C=O) groups is 2. The minimum Gasteiger partial charge on any atom is -0.480 e. The zero-order valence-electron chi connectivity index (χ0n) is 7.41. The molecule has 1 amide bonds. The molecule has 1 aromatic heterocycles. The quantitative estimate of drug-likeness (QED) is 0.528. The Balaban J connectivity index is 2.64. The van der Waals surface area contributed by atoms with Crippen LogP contribution in [0.15, 0.2) is 0 Å². The first-order valence-electron chi connectivity index (χ1n) is 3.79. The van der Waals surface area contributed by atoms with Crippen molar-refractivity contribution in [2.24, 2.45) is 7.05 Å². The number of rotatable bonds is 5. The molecule has 76 valence electrons. The molecule has 0 aromatic carbocycles. The molecule has 8 nitrogen and oxygen atoms in total. The lowest BCUT2D eigenvalue weighted by molar-refractivity contribution is -0.140. The maximum absolute atomic E-state index is 10.6. The van der Waals surface area contributed by atoms with Crippen molar-refractivity contribution in [2.45, 2.75) is 12.5 Å². The molecule has 2 N–H and O–H groups in total. The average molecular weight is 199 g/mol. The Hall–Kier alpha value is -1.99. The molecule has 0 aliphatic heterocycles. The summed E-state index contributed by atoms with van der Waals surface area (Å²) in [5, 5.41) is 21.7. The van der Waals surface area contributed by atoms with Gasteiger partial charge >= 0.3 is 5.97 Å². The predicted octanol–water partition coefficient (Wildman–Crippen LogP) is -2.05. The molecule has 1 rings (SSSR count). The Labute approximate surface area is 78.9 Å². The van der Waals surface area contributed by atoms with E-state index >= 15 is 0 Å². The van der Waals surface area contributed by atoms with E-state index in [9.17, 15) is 9.59 Å². The van der Waals surface area contributed by atoms with E-state index in [-0.39, 0.29) is 12.2 Å². The van der Waals surface area contributed by atoms with Crippen LogP contribution in [-0.4, -0.2) is 43.7 Å². The fourth-order valence-electron chi connectivity index (χ4n) is 0.887. The highest BCUT2D eigenvalue weighted by molar-refractivity contribution is 5.76. The van der Waals surface area contributed by atoms with Gasteiger partial charge in [0.15, 0.2) is 5.82 Å². The largest absolute Gasteiger partial charge is 0.480 e. The molecule has 1 aromatic rings. The number of nitrogens with zero attached hydrogens (tertiary/aromatic N) is 4. The number of hydrogen-bond donors (Lipinski definition) is 2. The van der Waals surface area contributed by atoms with Gasteiger partial charge in [0, 0.05) is 6.42 Å². The molecule has 0 saturated heterocycles. The molecule has 14 heavy (non-hydrogen) atoms. The molecule has 1 unspecified atom stereocenters. The van der Waals surface area contributed by atoms with E-state index in [1.807, 2.05) is 0 Å². The van der Waals surface area contributed by atoms with Crippen molar-refractivity contribution < 1.29 is 14.7 Å². The van der Waals surface area contributed by atoms with Crippen molar-refractivity contribution in [2.75, 3.05) is 0 Å². The van der Waals surface area contributed by atoms with Crippen LogP contribution in [0.2, 0.25) is 0 Å². The van der Waals surface area contributed by atoms with Gasteiger partial charge < -0.3 is 10.4 Å². The zero-order chi connectivity index (χ0) is 10.6. The Morgan fingerprint density at radius 3 is 2.93 bits per heavy atom. The summed E-state index contributed by atoms with van der Waals surface area (Å²) >= 11 is 0. The summed E-state index contributed by atoms with van der Waals surface area (Å²) < 4.78 is 0. The van der Waals surface area contributed by atoms with Crippen molar-refractivity contribution in [1.82, 2.24) is 25.5 Å². The van der Waals surface area contributed by atoms with E-state index in [0.717, 1.165) is 0 Å². The van der Waals surface area contributed by atoms with Crippen LogP contribution in [0.25, 0.3) is 0 Å². The number of amides is 1. The highest BCUT2D eigenvalue weighted by Gasteiger charge is 2.19. The van der Waals surface area contributed by atoms with Gasteiger partial charge in [-0.3, -0.25) is 4.79 Å². The van der Waals surface area contributed by atoms with Gasteiger partial charge in [0.25, 0.3) is 0 Å². The molecule has 0 spiro atoms. The highest BCUT2D eigenvalue weighted by Crippen LogP contribution is 1.94. The van der Waals surface area contributed by atoms with Crippen LogP contribution in [0.1, 0.15) is 5.82 Å². The van der Waals surface area contributed by atoms with Gasteiger partial charge in [-0.15, -0.1) is 10.2 Å². The Bertz CT molecular complexity index is 336. The number of tetrazole rings is 1. The lowest BCUT2D eigenvalue weighted by Gasteiger charge is -2.07. The van der Waals surface area contributed by atoms with Crippen molar-refractivity contribution >= 4 is 12.4 Å². The van der Waals surface area contributed by atoms with Crippen LogP contribution in [0, 0.1) is 0 Å². The minimum atomic E-state index is -1.13. The molecule has 0 bridgehead atoms. The maximum Gasteiger partial charge on any atom is 0.326 e. The molecule has 1 atom stereocenters. The van der Waals surface area contributed by atoms with Gasteiger partial charge in [-0.1, -0.05) is 0 Å². The van der Waals surface area contributed by atoms with Crippen LogP contribution in [0.4, 0.5) is 0 Å². The molecule has 0 fully saturated rings. The summed E-state index contributed by atoms with van der Waals surface area (Å²) in [5.74, 6) is -0.862. The lowest BCUT2D eigenvalue weighted by atomic mass is 10.2. The monoisotopic (exact) mass is 199 g/mol. The minimum absolute atomic E-state index is 0.0158. The van der Waals surface area contributed by atoms with Gasteiger partial charge in [0.05, 0.1) is 7.05 Å². The number of aryl methyl sites for hydroxylation is 1. The van der Waals surface area contributed by atoms with Crippen molar-refractivity contribution in [3.8, 4) is 0 Å². The summed E-state index contributed by atoms with van der Waals surface area (Å²) in [6.07, 6.45) is 0.344. The fraction of sp³-hybridized carbons (Fsp3) is 0.500. The van der Waals surface area contributed by atoms with E-state index in [1.54, 1.807) is 7.05 Å². The number of carbonyl (C=O) groups excluding carboxylic acids is 1. The van der Waals surface area contributed by atoms with E-state index in [2.05, 4.69) is 20.7 Å². The summed E-state index contributed by atoms with van der Waals surface area (Å²) in [5.41, 5.74) is 0. The maximum atomic E-state index is 10.6. The Morgan fingerprint density at radius 2 is 2.50 bits per heavy atom. The van der Waals surface area contributed by atoms with Gasteiger partial charge in [-0.25, -0.2) is 4.79 Å². The molecule has 0 aliphatic rings. The first-order valence-corrected chi connectivity index (χ1v) is 3.79. The number of carboxylic acids is 1. The van der Waals surface area contributed by atoms with Crippen LogP contribution >= 0.6 is 0 Å². The van der Waals surface area contributed by atoms with Crippen molar-refractivity contribution in [3.05, 3.63) is 5.82 Å². The molecule has 1 heterocycles. The third-order valence-corrected chi connectivity index (χ3v) is 1.50. The van der Waals surface area contributed by atoms with Gasteiger partial charge in [0.1, 0.15) is 6.04 Å². The number of nitrogens with one attached hydrogen (secondary N) is 1. The first-order chi connectivity index (χ1) is 6.63. The van der Waals surface area contributed by atoms with E-state index in [0.29, 0.717) is 6.41 Å². The fourth-order valence-corrected chi connectivity index (χ4v) is 0.887. The molecule has 8 heteroatoms. The summed E-state index contributed by atoms with van der Waals surface area (Å²) in [7, 11) is 1.57. The standard InChI is InChI=1S/C6H9N5O3/c1-11-9-5(8-10-11)2-4(6(13)14)7-3-12/h3-4H,2H2,1H3,(H,7,12)(H,13,14). The molecular formula is C6H9N5O3. The number of aromatic nitrogens is 4. The van der Waals surface area contributed by atoms with Gasteiger partial charge in [-0.2, -0.15) is 4.80 Å². The highest BCUT2D eigenvalue weighted by atomic mass is 16.4. The molecule has 0 aliphatic carbocycles. The Morgan fingerprint density at radius 1 is 1.79 bits per heavy atom. The number of hydrogen-bond acceptors (Lipinski definition) is 5. The molecule has 0 radical (unpaired) electrons. The van der Waals surface area contributed by atoms with Crippen LogP contribution in [-0.2, 0) is 23.1 Å². The summed E-state index contributed by atoms with van der Waals surface area (Å²) in [6.45, 7) is 0. The average Bonchev–Trinajstić information content (AvgIpc) is 2.50. The van der Waals surface area contributed by atoms with Crippen molar-refractivity contribution in [3.63, 3.8) is 0 Å². The smallest absolute Gasteiger partial charge is 0.326 e. The molecule has 0 saturated carbocycles. The van der Waals surface area contributed by atoms with Crippen LogP contribution in [0.3, 0.4) is 0 Å². The van der Waals surface area contributed by atoms with E-state index in [4.69, 9.17) is 5.11 Å². The third kappa shape index (κ3) is 2.51. The summed E-state index contributed by atoms with van der Waals surface area (Å²) in [4.78, 5) is 21.9. The second kappa shape index (κ2) is 4.30. The number of carboxylic acid groups (broad SMARTS) is 1. The topological polar surface area (TPSA) is 110 Å². The van der Waals surface area contributed by atoms with E-state index in [1.165, 1.54) is 4.80 Å². The van der Waals surface area contributed by atoms with E-state index < -0.39 is 12.0 Å². The second-order valence-corrected chi connectivity index (χ2v) is 2.57. The summed E-state index contributed by atoms with van der Waals surface area (Å²) in [6, 6.07) is -1.02. The first kappa shape index (κ1) is 10.1. The van der Waals surface area contributed by atoms with Crippen molar-refractivity contribution in [1.29, 1.82) is 0 Å². The second-order valence-electron chi connectivity index (χ2n) is 2.57. The normalized spacial score (nSPS) is 12.1. The zero-order valence-corrected chi connectivity index (χ0v) is 7.41. The van der Waals surface area contributed by atoms with Crippen LogP contribution < -0.4 is 5.32 Å². The van der Waals surface area contributed by atoms with Crippen LogP contribution in [0.5, 0.6) is 0 Å². The Kier molecular flexibility index (Phi) is 3.10. The third-order valence-electron chi connectivity index (χ3n) is 1.50.